The Hall–Kier alpha value is -4.61. The van der Waals surface area contributed by atoms with Crippen molar-refractivity contribution in [3.63, 3.8) is 0 Å². The third-order valence-electron chi connectivity index (χ3n) is 6.95. The molecule has 1 saturated heterocycles. The van der Waals surface area contributed by atoms with Gasteiger partial charge in [0.15, 0.2) is 11.5 Å². The Bertz CT molecular complexity index is 1510. The van der Waals surface area contributed by atoms with Crippen molar-refractivity contribution in [1.29, 1.82) is 0 Å². The summed E-state index contributed by atoms with van der Waals surface area (Å²) in [6.45, 7) is 1.62. The van der Waals surface area contributed by atoms with Crippen molar-refractivity contribution in [3.05, 3.63) is 51.8 Å². The fourth-order valence-electron chi connectivity index (χ4n) is 4.86. The number of phenols is 2. The van der Waals surface area contributed by atoms with E-state index < -0.39 is 88.5 Å². The molecule has 18 heteroatoms. The van der Waals surface area contributed by atoms with Crippen LogP contribution < -0.4 is 21.0 Å². The number of imide groups is 1. The number of nitrogens with one attached hydrogen (secondary N) is 2. The Morgan fingerprint density at radius 2 is 1.91 bits per heavy atom. The number of benzene rings is 2. The molecule has 3 atom stereocenters. The minimum atomic E-state index is -1.87. The van der Waals surface area contributed by atoms with Gasteiger partial charge in [-0.1, -0.05) is 23.7 Å². The third kappa shape index (κ3) is 6.00. The predicted molar refractivity (Wildman–Crippen MR) is 146 cm³/mol. The Morgan fingerprint density at radius 1 is 1.21 bits per heavy atom. The summed E-state index contributed by atoms with van der Waals surface area (Å²) in [4.78, 5) is 65.6. The molecule has 0 bridgehead atoms. The average molecular weight is 622 g/mol. The summed E-state index contributed by atoms with van der Waals surface area (Å²) >= 11 is 6.18. The molecule has 0 aliphatic carbocycles. The minimum absolute atomic E-state index is 0.0310. The number of aromatic hydroxyl groups is 2. The first-order chi connectivity index (χ1) is 20.3. The lowest BCUT2D eigenvalue weighted by Gasteiger charge is -2.38. The number of phenolic OH excluding ortho intramolecular Hbond substituents is 2. The number of rotatable bonds is 7. The molecular formula is C25H26BClFN5O10. The Balaban J connectivity index is 1.63. The lowest BCUT2D eigenvalue weighted by atomic mass is 9.72. The molecule has 228 valence electrons. The molecule has 0 radical (unpaired) electrons. The number of carboxylic acids is 1. The zero-order chi connectivity index (χ0) is 31.7. The van der Waals surface area contributed by atoms with Gasteiger partial charge in [-0.25, -0.2) is 14.0 Å². The lowest BCUT2D eigenvalue weighted by molar-refractivity contribution is -0.155. The Morgan fingerprint density at radius 3 is 2.56 bits per heavy atom. The quantitative estimate of drug-likeness (QED) is 0.118. The first-order valence-electron chi connectivity index (χ1n) is 12.8. The van der Waals surface area contributed by atoms with E-state index in [2.05, 4.69) is 10.6 Å². The number of carbonyl (C=O) groups is 5. The van der Waals surface area contributed by atoms with Crippen LogP contribution in [0.15, 0.2) is 24.3 Å². The van der Waals surface area contributed by atoms with Gasteiger partial charge in [0.1, 0.15) is 23.2 Å². The molecule has 43 heavy (non-hydrogen) atoms. The van der Waals surface area contributed by atoms with Gasteiger partial charge in [-0.05, 0) is 31.0 Å². The molecule has 2 aliphatic heterocycles. The standard InChI is InChI=1S/C25H26BClFN5O10/c1-10-9-32(7-6-29)22(37)23(38)33(10)25(41)31-18(12-3-5-14(34)19(35)17(12)27)21(36)30-15-8-11-2-4-13(28)16(24(39)40)20(11)43-26(15)42/h2-5,10,15,18,34-35,42H,6-9,29H2,1H3,(H,30,36)(H,31,41)(H,39,40). The van der Waals surface area contributed by atoms with Gasteiger partial charge in [-0.15, -0.1) is 0 Å². The second-order valence-corrected chi connectivity index (χ2v) is 10.2. The summed E-state index contributed by atoms with van der Waals surface area (Å²) in [6.07, 6.45) is -0.231. The van der Waals surface area contributed by atoms with Crippen LogP contribution in [0.2, 0.25) is 5.02 Å². The zero-order valence-corrected chi connectivity index (χ0v) is 23.2. The molecule has 4 rings (SSSR count). The first kappa shape index (κ1) is 31.3. The van der Waals surface area contributed by atoms with E-state index >= 15 is 0 Å². The smallest absolute Gasteiger partial charge is 0.534 e. The van der Waals surface area contributed by atoms with E-state index in [1.807, 2.05) is 0 Å². The molecule has 0 saturated carbocycles. The molecule has 0 spiro atoms. The van der Waals surface area contributed by atoms with Crippen LogP contribution >= 0.6 is 11.6 Å². The third-order valence-corrected chi connectivity index (χ3v) is 7.35. The van der Waals surface area contributed by atoms with Crippen LogP contribution in [-0.4, -0.2) is 98.6 Å². The van der Waals surface area contributed by atoms with Gasteiger partial charge < -0.3 is 46.3 Å². The average Bonchev–Trinajstić information content (AvgIpc) is 2.94. The van der Waals surface area contributed by atoms with Crippen molar-refractivity contribution >= 4 is 48.4 Å². The maximum Gasteiger partial charge on any atom is 0.547 e. The van der Waals surface area contributed by atoms with Crippen LogP contribution in [0.3, 0.4) is 0 Å². The molecule has 2 heterocycles. The van der Waals surface area contributed by atoms with Crippen LogP contribution in [0, 0.1) is 5.82 Å². The summed E-state index contributed by atoms with van der Waals surface area (Å²) in [5.74, 6) is -9.11. The van der Waals surface area contributed by atoms with E-state index in [9.17, 15) is 48.7 Å². The molecule has 15 nitrogen and oxygen atoms in total. The van der Waals surface area contributed by atoms with Gasteiger partial charge in [0.25, 0.3) is 0 Å². The molecule has 5 amide bonds. The fourth-order valence-corrected chi connectivity index (χ4v) is 5.13. The van der Waals surface area contributed by atoms with E-state index in [0.29, 0.717) is 4.90 Å². The minimum Gasteiger partial charge on any atom is -0.534 e. The molecule has 3 unspecified atom stereocenters. The van der Waals surface area contributed by atoms with Crippen LogP contribution in [0.4, 0.5) is 9.18 Å². The molecule has 8 N–H and O–H groups in total. The van der Waals surface area contributed by atoms with Gasteiger partial charge in [0.2, 0.25) is 5.91 Å². The summed E-state index contributed by atoms with van der Waals surface area (Å²) in [6, 6.07) is 0.416. The van der Waals surface area contributed by atoms with Crippen LogP contribution in [0.1, 0.15) is 34.5 Å². The molecule has 2 aliphatic rings. The number of halogens is 2. The van der Waals surface area contributed by atoms with Crippen LogP contribution in [0.5, 0.6) is 17.2 Å². The second-order valence-electron chi connectivity index (χ2n) is 9.83. The largest absolute Gasteiger partial charge is 0.547 e. The van der Waals surface area contributed by atoms with Crippen molar-refractivity contribution in [1.82, 2.24) is 20.4 Å². The highest BCUT2D eigenvalue weighted by molar-refractivity contribution is 6.47. The molecule has 2 aromatic carbocycles. The van der Waals surface area contributed by atoms with Gasteiger partial charge >= 0.3 is 30.9 Å². The molecule has 0 aromatic heterocycles. The highest BCUT2D eigenvalue weighted by Crippen LogP contribution is 2.38. The Kier molecular flexibility index (Phi) is 8.98. The predicted octanol–water partition coefficient (Wildman–Crippen LogP) is -0.503. The van der Waals surface area contributed by atoms with Crippen molar-refractivity contribution in [2.45, 2.75) is 31.4 Å². The zero-order valence-electron chi connectivity index (χ0n) is 22.4. The summed E-state index contributed by atoms with van der Waals surface area (Å²) in [7, 11) is -1.87. The van der Waals surface area contributed by atoms with E-state index in [1.54, 1.807) is 0 Å². The number of aromatic carboxylic acids is 1. The van der Waals surface area contributed by atoms with Crippen LogP contribution in [-0.2, 0) is 20.8 Å². The number of nitrogens with zero attached hydrogens (tertiary/aromatic N) is 2. The number of nitrogens with two attached hydrogens (primary N) is 1. The highest BCUT2D eigenvalue weighted by Gasteiger charge is 2.43. The topological polar surface area (TPSA) is 232 Å². The lowest BCUT2D eigenvalue weighted by Crippen LogP contribution is -2.63. The van der Waals surface area contributed by atoms with Crippen molar-refractivity contribution in [2.24, 2.45) is 5.73 Å². The van der Waals surface area contributed by atoms with Crippen molar-refractivity contribution in [2.75, 3.05) is 19.6 Å². The normalized spacial score (nSPS) is 19.0. The number of carboxylic acid groups (broad SMARTS) is 1. The van der Waals surface area contributed by atoms with Gasteiger partial charge in [0, 0.05) is 25.2 Å². The summed E-state index contributed by atoms with van der Waals surface area (Å²) < 4.78 is 19.3. The number of fused-ring (bicyclic) bond motifs is 1. The maximum absolute atomic E-state index is 14.1. The van der Waals surface area contributed by atoms with Crippen LogP contribution in [0.25, 0.3) is 0 Å². The number of hydrogen-bond acceptors (Lipinski definition) is 10. The number of piperazine rings is 1. The highest BCUT2D eigenvalue weighted by atomic mass is 35.5. The van der Waals surface area contributed by atoms with Gasteiger partial charge in [-0.3, -0.25) is 19.3 Å². The SMILES string of the molecule is CC1CN(CCN)C(=O)C(=O)N1C(=O)NC(C(=O)NC1Cc2ccc(F)c(C(=O)O)c2OB1O)c1ccc(O)c(O)c1Cl. The maximum atomic E-state index is 14.1. The molecule has 2 aromatic rings. The fraction of sp³-hybridized carbons (Fsp3) is 0.320. The Labute approximate surface area is 248 Å². The number of carbonyl (C=O) groups excluding carboxylic acids is 4. The van der Waals surface area contributed by atoms with E-state index in [-0.39, 0.29) is 37.2 Å². The van der Waals surface area contributed by atoms with E-state index in [4.69, 9.17) is 22.0 Å². The van der Waals surface area contributed by atoms with E-state index in [0.717, 1.165) is 18.2 Å². The number of hydrogen-bond donors (Lipinski definition) is 7. The van der Waals surface area contributed by atoms with Gasteiger partial charge in [-0.2, -0.15) is 0 Å². The number of amides is 5. The summed E-state index contributed by atoms with van der Waals surface area (Å²) in [5.41, 5.74) is 4.58. The van der Waals surface area contributed by atoms with Crippen molar-refractivity contribution in [3.8, 4) is 17.2 Å². The number of urea groups is 1. The summed E-state index contributed by atoms with van der Waals surface area (Å²) in [5, 5.41) is 44.1. The van der Waals surface area contributed by atoms with Gasteiger partial charge in [0.05, 0.1) is 17.0 Å². The van der Waals surface area contributed by atoms with Crippen molar-refractivity contribution < 1.29 is 53.4 Å². The first-order valence-corrected chi connectivity index (χ1v) is 13.2. The second kappa shape index (κ2) is 12.3. The van der Waals surface area contributed by atoms with E-state index in [1.165, 1.54) is 17.9 Å². The monoisotopic (exact) mass is 621 g/mol. The molecular weight excluding hydrogens is 596 g/mol. The molecule has 1 fully saturated rings.